The first-order valence-electron chi connectivity index (χ1n) is 5.79. The third-order valence-electron chi connectivity index (χ3n) is 2.83. The Morgan fingerprint density at radius 1 is 1.15 bits per heavy atom. The molecule has 3 rings (SSSR count). The van der Waals surface area contributed by atoms with Crippen LogP contribution in [-0.2, 0) is 0 Å². The highest BCUT2D eigenvalue weighted by atomic mass is 79.9. The van der Waals surface area contributed by atoms with E-state index in [0.717, 1.165) is 16.2 Å². The normalized spacial score (nSPS) is 10.7. The number of halogens is 2. The minimum absolute atomic E-state index is 0.193. The van der Waals surface area contributed by atoms with Crippen molar-refractivity contribution >= 4 is 21.8 Å². The molecule has 0 aliphatic carbocycles. The fraction of sp³-hybridized carbons (Fsp3) is 0. The Balaban J connectivity index is 2.20. The molecule has 0 unspecified atom stereocenters. The maximum atomic E-state index is 13.0. The molecule has 0 aliphatic rings. The average molecular weight is 334 g/mol. The Morgan fingerprint density at radius 2 is 1.95 bits per heavy atom. The lowest BCUT2D eigenvalue weighted by Gasteiger charge is -2.04. The number of nitrogen functional groups attached to an aromatic ring is 1. The summed E-state index contributed by atoms with van der Waals surface area (Å²) in [6.07, 6.45) is 1.13. The van der Waals surface area contributed by atoms with Crippen molar-refractivity contribution in [3.63, 3.8) is 0 Å². The van der Waals surface area contributed by atoms with Crippen LogP contribution in [0.25, 0.3) is 22.5 Å². The van der Waals surface area contributed by atoms with Crippen LogP contribution in [-0.4, -0.2) is 10.1 Å². The molecule has 100 valence electrons. The van der Waals surface area contributed by atoms with Crippen LogP contribution in [0, 0.1) is 5.82 Å². The molecule has 0 atom stereocenters. The minimum Gasteiger partial charge on any atom is -0.367 e. The van der Waals surface area contributed by atoms with Gasteiger partial charge in [0, 0.05) is 10.0 Å². The summed E-state index contributed by atoms with van der Waals surface area (Å²) in [4.78, 5) is 4.01. The summed E-state index contributed by atoms with van der Waals surface area (Å²) in [5, 5.41) is 3.93. The maximum absolute atomic E-state index is 13.0. The number of nitrogens with zero attached hydrogens (tertiary/aromatic N) is 2. The molecule has 0 saturated carbocycles. The summed E-state index contributed by atoms with van der Waals surface area (Å²) in [7, 11) is 0. The van der Waals surface area contributed by atoms with Gasteiger partial charge in [0.15, 0.2) is 0 Å². The number of hydrogen-bond donors (Lipinski definition) is 1. The maximum Gasteiger partial charge on any atom is 0.230 e. The van der Waals surface area contributed by atoms with E-state index in [1.54, 1.807) is 0 Å². The number of nitrogens with two attached hydrogens (primary N) is 1. The third-order valence-corrected chi connectivity index (χ3v) is 3.52. The first-order valence-corrected chi connectivity index (χ1v) is 6.58. The standard InChI is InChI=1S/C14H9BrFN3O/c15-10-4-2-1-3-9(10)12-13(19-20-14(12)17)11-6-5-8(16)7-18-11/h1-7H,17H2. The highest BCUT2D eigenvalue weighted by molar-refractivity contribution is 9.10. The van der Waals surface area contributed by atoms with Crippen molar-refractivity contribution in [3.8, 4) is 22.5 Å². The molecular formula is C14H9BrFN3O. The summed E-state index contributed by atoms with van der Waals surface area (Å²) in [5.41, 5.74) is 8.31. The van der Waals surface area contributed by atoms with Gasteiger partial charge >= 0.3 is 0 Å². The predicted molar refractivity (Wildman–Crippen MR) is 77.2 cm³/mol. The van der Waals surface area contributed by atoms with Crippen molar-refractivity contribution in [1.82, 2.24) is 10.1 Å². The molecule has 0 amide bonds. The first-order chi connectivity index (χ1) is 9.66. The number of pyridine rings is 1. The number of anilines is 1. The van der Waals surface area contributed by atoms with E-state index in [-0.39, 0.29) is 5.88 Å². The Labute approximate surface area is 122 Å². The lowest BCUT2D eigenvalue weighted by atomic mass is 10.0. The van der Waals surface area contributed by atoms with Gasteiger partial charge in [0.1, 0.15) is 11.5 Å². The third kappa shape index (κ3) is 2.18. The summed E-state index contributed by atoms with van der Waals surface area (Å²) < 4.78 is 18.9. The molecule has 0 aliphatic heterocycles. The molecule has 2 N–H and O–H groups in total. The van der Waals surface area contributed by atoms with Crippen LogP contribution < -0.4 is 5.73 Å². The minimum atomic E-state index is -0.410. The van der Waals surface area contributed by atoms with Crippen molar-refractivity contribution in [2.45, 2.75) is 0 Å². The van der Waals surface area contributed by atoms with Crippen molar-refractivity contribution in [1.29, 1.82) is 0 Å². The van der Waals surface area contributed by atoms with Gasteiger partial charge < -0.3 is 10.3 Å². The second-order valence-corrected chi connectivity index (χ2v) is 4.97. The van der Waals surface area contributed by atoms with E-state index in [4.69, 9.17) is 10.3 Å². The van der Waals surface area contributed by atoms with Gasteiger partial charge in [0.2, 0.25) is 5.88 Å². The number of benzene rings is 1. The summed E-state index contributed by atoms with van der Waals surface area (Å²) in [6.45, 7) is 0. The molecule has 2 aromatic heterocycles. The zero-order chi connectivity index (χ0) is 14.1. The Kier molecular flexibility index (Phi) is 3.23. The van der Waals surface area contributed by atoms with E-state index in [2.05, 4.69) is 26.1 Å². The molecule has 0 saturated heterocycles. The molecule has 0 radical (unpaired) electrons. The van der Waals surface area contributed by atoms with E-state index in [1.807, 2.05) is 24.3 Å². The van der Waals surface area contributed by atoms with E-state index < -0.39 is 5.82 Å². The number of rotatable bonds is 2. The smallest absolute Gasteiger partial charge is 0.230 e. The lowest BCUT2D eigenvalue weighted by molar-refractivity contribution is 0.439. The van der Waals surface area contributed by atoms with Crippen molar-refractivity contribution in [2.24, 2.45) is 0 Å². The van der Waals surface area contributed by atoms with E-state index in [1.165, 1.54) is 12.1 Å². The van der Waals surface area contributed by atoms with Crippen LogP contribution in [0.5, 0.6) is 0 Å². The van der Waals surface area contributed by atoms with Crippen molar-refractivity contribution in [3.05, 3.63) is 52.9 Å². The van der Waals surface area contributed by atoms with Gasteiger partial charge in [-0.3, -0.25) is 4.98 Å². The van der Waals surface area contributed by atoms with Gasteiger partial charge in [0.25, 0.3) is 0 Å². The number of aromatic nitrogens is 2. The van der Waals surface area contributed by atoms with Crippen LogP contribution in [0.3, 0.4) is 0 Å². The number of hydrogen-bond acceptors (Lipinski definition) is 4. The van der Waals surface area contributed by atoms with E-state index >= 15 is 0 Å². The van der Waals surface area contributed by atoms with Crippen LogP contribution >= 0.6 is 15.9 Å². The van der Waals surface area contributed by atoms with Gasteiger partial charge in [-0.25, -0.2) is 4.39 Å². The lowest BCUT2D eigenvalue weighted by Crippen LogP contribution is -1.90. The quantitative estimate of drug-likeness (QED) is 0.772. The molecule has 6 heteroatoms. The highest BCUT2D eigenvalue weighted by Crippen LogP contribution is 2.38. The predicted octanol–water partition coefficient (Wildman–Crippen LogP) is 3.89. The molecular weight excluding hydrogens is 325 g/mol. The van der Waals surface area contributed by atoms with E-state index in [0.29, 0.717) is 17.0 Å². The molecule has 4 nitrogen and oxygen atoms in total. The van der Waals surface area contributed by atoms with E-state index in [9.17, 15) is 4.39 Å². The van der Waals surface area contributed by atoms with Crippen molar-refractivity contribution in [2.75, 3.05) is 5.73 Å². The molecule has 3 aromatic rings. The summed E-state index contributed by atoms with van der Waals surface area (Å²) in [5.74, 6) is -0.217. The van der Waals surface area contributed by atoms with Gasteiger partial charge in [-0.2, -0.15) is 0 Å². The molecule has 20 heavy (non-hydrogen) atoms. The van der Waals surface area contributed by atoms with Crippen LogP contribution in [0.2, 0.25) is 0 Å². The van der Waals surface area contributed by atoms with Gasteiger partial charge in [-0.1, -0.05) is 39.3 Å². The summed E-state index contributed by atoms with van der Waals surface area (Å²) in [6, 6.07) is 10.4. The largest absolute Gasteiger partial charge is 0.367 e. The Bertz CT molecular complexity index is 755. The van der Waals surface area contributed by atoms with Crippen LogP contribution in [0.4, 0.5) is 10.3 Å². The molecule has 0 bridgehead atoms. The molecule has 1 aromatic carbocycles. The molecule has 0 spiro atoms. The van der Waals surface area contributed by atoms with Gasteiger partial charge in [0.05, 0.1) is 17.5 Å². The molecule has 2 heterocycles. The average Bonchev–Trinajstić information content (AvgIpc) is 2.82. The Morgan fingerprint density at radius 3 is 2.65 bits per heavy atom. The second-order valence-electron chi connectivity index (χ2n) is 4.11. The fourth-order valence-corrected chi connectivity index (χ4v) is 2.40. The monoisotopic (exact) mass is 333 g/mol. The Hall–Kier alpha value is -2.21. The summed E-state index contributed by atoms with van der Waals surface area (Å²) >= 11 is 3.46. The van der Waals surface area contributed by atoms with Gasteiger partial charge in [-0.15, -0.1) is 0 Å². The fourth-order valence-electron chi connectivity index (χ4n) is 1.92. The van der Waals surface area contributed by atoms with Crippen LogP contribution in [0.15, 0.2) is 51.6 Å². The first kappa shape index (κ1) is 12.8. The topological polar surface area (TPSA) is 64.9 Å². The zero-order valence-electron chi connectivity index (χ0n) is 10.2. The SMILES string of the molecule is Nc1onc(-c2ccc(F)cn2)c1-c1ccccc1Br. The second kappa shape index (κ2) is 5.05. The molecule has 0 fully saturated rings. The zero-order valence-corrected chi connectivity index (χ0v) is 11.8. The van der Waals surface area contributed by atoms with Crippen molar-refractivity contribution < 1.29 is 8.91 Å². The van der Waals surface area contributed by atoms with Gasteiger partial charge in [-0.05, 0) is 18.2 Å². The van der Waals surface area contributed by atoms with Crippen LogP contribution in [0.1, 0.15) is 0 Å². The highest BCUT2D eigenvalue weighted by Gasteiger charge is 2.20.